The summed E-state index contributed by atoms with van der Waals surface area (Å²) < 4.78 is 0. The monoisotopic (exact) mass is 384 g/mol. The molecule has 0 spiro atoms. The molecule has 7 nitrogen and oxygen atoms in total. The molecule has 7 heteroatoms. The Morgan fingerprint density at radius 3 is 2.75 bits per heavy atom. The van der Waals surface area contributed by atoms with E-state index in [0.717, 1.165) is 30.5 Å². The number of amides is 3. The van der Waals surface area contributed by atoms with Crippen molar-refractivity contribution in [2.75, 3.05) is 6.54 Å². The van der Waals surface area contributed by atoms with Gasteiger partial charge in [0.25, 0.3) is 5.91 Å². The van der Waals surface area contributed by atoms with Gasteiger partial charge in [0.1, 0.15) is 6.04 Å². The largest absolute Gasteiger partial charge is 0.322 e. The van der Waals surface area contributed by atoms with Crippen molar-refractivity contribution in [3.8, 4) is 0 Å². The van der Waals surface area contributed by atoms with Crippen LogP contribution in [-0.2, 0) is 22.7 Å². The molecule has 3 aliphatic heterocycles. The molecule has 3 N–H and O–H groups in total. The predicted molar refractivity (Wildman–Crippen MR) is 104 cm³/mol. The quantitative estimate of drug-likeness (QED) is 0.676. The van der Waals surface area contributed by atoms with E-state index in [9.17, 15) is 14.4 Å². The fourth-order valence-electron chi connectivity index (χ4n) is 4.39. The molecule has 0 aromatic heterocycles. The highest BCUT2D eigenvalue weighted by Gasteiger charge is 2.40. The summed E-state index contributed by atoms with van der Waals surface area (Å²) in [6.45, 7) is 6.40. The Morgan fingerprint density at radius 2 is 2.04 bits per heavy atom. The highest BCUT2D eigenvalue weighted by atomic mass is 16.2. The molecule has 28 heavy (non-hydrogen) atoms. The first-order chi connectivity index (χ1) is 13.3. The van der Waals surface area contributed by atoms with Gasteiger partial charge in [0.2, 0.25) is 11.8 Å². The summed E-state index contributed by atoms with van der Waals surface area (Å²) >= 11 is 0. The Kier molecular flexibility index (Phi) is 4.97. The lowest BCUT2D eigenvalue weighted by Gasteiger charge is -2.36. The first kappa shape index (κ1) is 19.1. The van der Waals surface area contributed by atoms with E-state index in [-0.39, 0.29) is 29.7 Å². The number of piperidine rings is 2. The Balaban J connectivity index is 1.45. The van der Waals surface area contributed by atoms with Crippen LogP contribution in [0, 0.1) is 0 Å². The third-order valence-electron chi connectivity index (χ3n) is 6.16. The van der Waals surface area contributed by atoms with Crippen molar-refractivity contribution < 1.29 is 14.4 Å². The van der Waals surface area contributed by atoms with Gasteiger partial charge in [0, 0.05) is 43.2 Å². The summed E-state index contributed by atoms with van der Waals surface area (Å²) in [7, 11) is 0. The van der Waals surface area contributed by atoms with Crippen LogP contribution < -0.4 is 16.0 Å². The van der Waals surface area contributed by atoms with Crippen LogP contribution in [0.1, 0.15) is 61.0 Å². The van der Waals surface area contributed by atoms with Crippen LogP contribution in [0.15, 0.2) is 18.2 Å². The van der Waals surface area contributed by atoms with Crippen LogP contribution in [0.3, 0.4) is 0 Å². The molecule has 3 amide bonds. The first-order valence-corrected chi connectivity index (χ1v) is 10.1. The predicted octanol–water partition coefficient (Wildman–Crippen LogP) is 1.07. The van der Waals surface area contributed by atoms with Gasteiger partial charge in [-0.3, -0.25) is 19.7 Å². The fourth-order valence-corrected chi connectivity index (χ4v) is 4.39. The average molecular weight is 384 g/mol. The topological polar surface area (TPSA) is 90.5 Å². The molecule has 0 saturated carbocycles. The van der Waals surface area contributed by atoms with Crippen molar-refractivity contribution in [1.82, 2.24) is 20.9 Å². The van der Waals surface area contributed by atoms with Gasteiger partial charge in [-0.05, 0) is 44.2 Å². The van der Waals surface area contributed by atoms with Crippen molar-refractivity contribution in [2.24, 2.45) is 0 Å². The summed E-state index contributed by atoms with van der Waals surface area (Å²) in [5.41, 5.74) is 2.83. The maximum absolute atomic E-state index is 13.1. The van der Waals surface area contributed by atoms with E-state index in [4.69, 9.17) is 0 Å². The number of imide groups is 1. The van der Waals surface area contributed by atoms with Gasteiger partial charge in [-0.2, -0.15) is 0 Å². The van der Waals surface area contributed by atoms with Gasteiger partial charge in [-0.25, -0.2) is 0 Å². The molecule has 150 valence electrons. The molecule has 2 saturated heterocycles. The van der Waals surface area contributed by atoms with Gasteiger partial charge in [0.05, 0.1) is 0 Å². The number of carbonyl (C=O) groups excluding carboxylic acids is 3. The second-order valence-electron chi connectivity index (χ2n) is 8.73. The number of hydrogen-bond donors (Lipinski definition) is 3. The van der Waals surface area contributed by atoms with Gasteiger partial charge in [0.15, 0.2) is 0 Å². The molecule has 2 unspecified atom stereocenters. The van der Waals surface area contributed by atoms with Crippen molar-refractivity contribution in [3.63, 3.8) is 0 Å². The number of rotatable bonds is 4. The molecule has 1 aromatic rings. The van der Waals surface area contributed by atoms with Crippen LogP contribution in [-0.4, -0.2) is 46.8 Å². The second kappa shape index (κ2) is 7.29. The van der Waals surface area contributed by atoms with E-state index in [1.165, 1.54) is 0 Å². The second-order valence-corrected chi connectivity index (χ2v) is 8.73. The number of carbonyl (C=O) groups is 3. The molecular weight excluding hydrogens is 356 g/mol. The van der Waals surface area contributed by atoms with Crippen LogP contribution in [0.4, 0.5) is 0 Å². The SMILES string of the molecule is CC1(C)CCC(NCc2cccc3c2C(=O)N(C2CCC(=O)NC2=O)C3)CN1. The van der Waals surface area contributed by atoms with Gasteiger partial charge < -0.3 is 15.5 Å². The molecule has 1 aromatic carbocycles. The Hall–Kier alpha value is -2.25. The van der Waals surface area contributed by atoms with E-state index in [1.807, 2.05) is 18.2 Å². The van der Waals surface area contributed by atoms with Crippen molar-refractivity contribution >= 4 is 17.7 Å². The van der Waals surface area contributed by atoms with Crippen LogP contribution >= 0.6 is 0 Å². The van der Waals surface area contributed by atoms with Gasteiger partial charge in [-0.15, -0.1) is 0 Å². The smallest absolute Gasteiger partial charge is 0.255 e. The molecule has 3 aliphatic rings. The van der Waals surface area contributed by atoms with Crippen LogP contribution in [0.5, 0.6) is 0 Å². The van der Waals surface area contributed by atoms with Crippen molar-refractivity contribution in [2.45, 2.75) is 70.2 Å². The maximum Gasteiger partial charge on any atom is 0.255 e. The number of benzene rings is 1. The minimum Gasteiger partial charge on any atom is -0.322 e. The zero-order valence-corrected chi connectivity index (χ0v) is 16.5. The third kappa shape index (κ3) is 3.69. The third-order valence-corrected chi connectivity index (χ3v) is 6.16. The summed E-state index contributed by atoms with van der Waals surface area (Å²) in [6, 6.07) is 5.72. The maximum atomic E-state index is 13.1. The molecular formula is C21H28N4O3. The zero-order chi connectivity index (χ0) is 19.9. The first-order valence-electron chi connectivity index (χ1n) is 10.1. The van der Waals surface area contributed by atoms with Gasteiger partial charge >= 0.3 is 0 Å². The summed E-state index contributed by atoms with van der Waals surface area (Å²) in [5, 5.41) is 9.48. The lowest BCUT2D eigenvalue weighted by molar-refractivity contribution is -0.136. The molecule has 3 heterocycles. The lowest BCUT2D eigenvalue weighted by Crippen LogP contribution is -2.53. The average Bonchev–Trinajstić information content (AvgIpc) is 2.98. The fraction of sp³-hybridized carbons (Fsp3) is 0.571. The standard InChI is InChI=1S/C21H28N4O3/c1-21(2)9-8-15(11-23-21)22-10-13-4-3-5-14-12-25(20(28)18(13)14)16-6-7-17(26)24-19(16)27/h3-5,15-16,22-23H,6-12H2,1-2H3,(H,24,26,27). The van der Waals surface area contributed by atoms with E-state index in [0.29, 0.717) is 31.1 Å². The molecule has 4 rings (SSSR count). The number of hydrogen-bond acceptors (Lipinski definition) is 5. The highest BCUT2D eigenvalue weighted by molar-refractivity contribution is 6.05. The van der Waals surface area contributed by atoms with Gasteiger partial charge in [-0.1, -0.05) is 18.2 Å². The van der Waals surface area contributed by atoms with E-state index < -0.39 is 6.04 Å². The number of nitrogens with one attached hydrogen (secondary N) is 3. The zero-order valence-electron chi connectivity index (χ0n) is 16.5. The normalized spacial score (nSPS) is 26.9. The Morgan fingerprint density at radius 1 is 1.21 bits per heavy atom. The summed E-state index contributed by atoms with van der Waals surface area (Å²) in [4.78, 5) is 38.3. The van der Waals surface area contributed by atoms with E-state index >= 15 is 0 Å². The minimum absolute atomic E-state index is 0.107. The lowest BCUT2D eigenvalue weighted by atomic mass is 9.90. The molecule has 0 bridgehead atoms. The highest BCUT2D eigenvalue weighted by Crippen LogP contribution is 2.30. The molecule has 0 aliphatic carbocycles. The van der Waals surface area contributed by atoms with E-state index in [2.05, 4.69) is 29.8 Å². The number of nitrogens with zero attached hydrogens (tertiary/aromatic N) is 1. The summed E-state index contributed by atoms with van der Waals surface area (Å²) in [6.07, 6.45) is 2.88. The molecule has 2 atom stereocenters. The van der Waals surface area contributed by atoms with Crippen molar-refractivity contribution in [1.29, 1.82) is 0 Å². The molecule has 2 fully saturated rings. The number of fused-ring (bicyclic) bond motifs is 1. The Labute approximate surface area is 165 Å². The Bertz CT molecular complexity index is 810. The van der Waals surface area contributed by atoms with Crippen LogP contribution in [0.25, 0.3) is 0 Å². The molecule has 0 radical (unpaired) electrons. The minimum atomic E-state index is -0.566. The summed E-state index contributed by atoms with van der Waals surface area (Å²) in [5.74, 6) is -0.739. The van der Waals surface area contributed by atoms with E-state index in [1.54, 1.807) is 4.90 Å². The van der Waals surface area contributed by atoms with Crippen LogP contribution in [0.2, 0.25) is 0 Å². The van der Waals surface area contributed by atoms with Crippen molar-refractivity contribution in [3.05, 3.63) is 34.9 Å².